The number of carbonyl (C=O) groups excluding carboxylic acids is 1. The number of carbonyl (C=O) groups is 2. The van der Waals surface area contributed by atoms with Gasteiger partial charge in [0.2, 0.25) is 0 Å². The maximum absolute atomic E-state index is 11.8. The molecule has 0 spiro atoms. The molecule has 7 heteroatoms. The number of rotatable bonds is 8. The first-order chi connectivity index (χ1) is 9.45. The summed E-state index contributed by atoms with van der Waals surface area (Å²) in [5.74, 6) is -1.85. The third kappa shape index (κ3) is 4.92. The smallest absolute Gasteiger partial charge is 0.326 e. The Labute approximate surface area is 121 Å². The van der Waals surface area contributed by atoms with E-state index in [2.05, 4.69) is 5.32 Å². The number of amides is 1. The second-order valence-electron chi connectivity index (χ2n) is 4.58. The summed E-state index contributed by atoms with van der Waals surface area (Å²) in [6.45, 7) is 1.82. The maximum atomic E-state index is 11.8. The van der Waals surface area contributed by atoms with Crippen LogP contribution in [0, 0.1) is 0 Å². The van der Waals surface area contributed by atoms with Crippen LogP contribution < -0.4 is 11.1 Å². The molecule has 3 atom stereocenters. The summed E-state index contributed by atoms with van der Waals surface area (Å²) in [6, 6.07) is 1.98. The monoisotopic (exact) mass is 300 g/mol. The van der Waals surface area contributed by atoms with Gasteiger partial charge in [0.1, 0.15) is 12.1 Å². The lowest BCUT2D eigenvalue weighted by Gasteiger charge is -2.20. The zero-order valence-corrected chi connectivity index (χ0v) is 12.1. The summed E-state index contributed by atoms with van der Waals surface area (Å²) >= 11 is 1.49. The molecule has 20 heavy (non-hydrogen) atoms. The Hall–Kier alpha value is -1.44. The number of thiophene rings is 1. The second-order valence-corrected chi connectivity index (χ2v) is 5.61. The van der Waals surface area contributed by atoms with E-state index in [1.165, 1.54) is 11.3 Å². The first-order valence-electron chi connectivity index (χ1n) is 6.45. The highest BCUT2D eigenvalue weighted by atomic mass is 32.1. The van der Waals surface area contributed by atoms with E-state index in [9.17, 15) is 14.7 Å². The van der Waals surface area contributed by atoms with Gasteiger partial charge in [0.25, 0.3) is 5.91 Å². The average molecular weight is 300 g/mol. The van der Waals surface area contributed by atoms with E-state index >= 15 is 0 Å². The molecular weight excluding hydrogens is 280 g/mol. The number of aliphatic carboxylic acids is 1. The van der Waals surface area contributed by atoms with Gasteiger partial charge in [-0.1, -0.05) is 19.4 Å². The van der Waals surface area contributed by atoms with Gasteiger partial charge in [-0.2, -0.15) is 0 Å². The standard InChI is InChI=1S/C13H20N2O4S/c1-2-4-10(13(18)19)15-12(17)11(16)9(14)7-8-5-3-6-20-8/h3,5-6,9-11,16H,2,4,7,14H2,1H3,(H,15,17)(H,18,19)/t9-,10-,11+/m0/s1. The topological polar surface area (TPSA) is 113 Å². The lowest BCUT2D eigenvalue weighted by molar-refractivity contribution is -0.143. The Bertz CT molecular complexity index is 436. The first kappa shape index (κ1) is 16.6. The molecule has 6 nitrogen and oxygen atoms in total. The average Bonchev–Trinajstić information content (AvgIpc) is 2.89. The Kier molecular flexibility index (Phi) is 6.63. The van der Waals surface area contributed by atoms with Crippen molar-refractivity contribution < 1.29 is 19.8 Å². The lowest BCUT2D eigenvalue weighted by Crippen LogP contribution is -2.51. The summed E-state index contributed by atoms with van der Waals surface area (Å²) < 4.78 is 0. The van der Waals surface area contributed by atoms with Crippen molar-refractivity contribution in [2.24, 2.45) is 5.73 Å². The molecular formula is C13H20N2O4S. The van der Waals surface area contributed by atoms with Crippen molar-refractivity contribution in [1.29, 1.82) is 0 Å². The van der Waals surface area contributed by atoms with Crippen LogP contribution in [0.15, 0.2) is 17.5 Å². The van der Waals surface area contributed by atoms with Crippen LogP contribution in [0.1, 0.15) is 24.6 Å². The van der Waals surface area contributed by atoms with Crippen LogP contribution in [0.5, 0.6) is 0 Å². The summed E-state index contributed by atoms with van der Waals surface area (Å²) in [6.07, 6.45) is -0.115. The van der Waals surface area contributed by atoms with E-state index in [1.807, 2.05) is 24.4 Å². The quantitative estimate of drug-likeness (QED) is 0.553. The van der Waals surface area contributed by atoms with Crippen molar-refractivity contribution in [2.75, 3.05) is 0 Å². The number of nitrogens with two attached hydrogens (primary N) is 1. The highest BCUT2D eigenvalue weighted by Gasteiger charge is 2.27. The molecule has 1 heterocycles. The molecule has 0 fully saturated rings. The molecule has 0 unspecified atom stereocenters. The predicted octanol–water partition coefficient (Wildman–Crippen LogP) is 0.348. The number of aliphatic hydroxyl groups is 1. The normalized spacial score (nSPS) is 15.3. The van der Waals surface area contributed by atoms with Gasteiger partial charge in [0, 0.05) is 10.9 Å². The minimum Gasteiger partial charge on any atom is -0.480 e. The zero-order chi connectivity index (χ0) is 15.1. The van der Waals surface area contributed by atoms with Gasteiger partial charge in [0.05, 0.1) is 0 Å². The number of carboxylic acid groups (broad SMARTS) is 1. The van der Waals surface area contributed by atoms with E-state index in [1.54, 1.807) is 0 Å². The van der Waals surface area contributed by atoms with Gasteiger partial charge in [-0.25, -0.2) is 4.79 Å². The molecule has 0 saturated carbocycles. The van der Waals surface area contributed by atoms with Gasteiger partial charge < -0.3 is 21.3 Å². The molecule has 0 radical (unpaired) electrons. The van der Waals surface area contributed by atoms with Crippen LogP contribution >= 0.6 is 11.3 Å². The van der Waals surface area contributed by atoms with Crippen molar-refractivity contribution in [1.82, 2.24) is 5.32 Å². The third-order valence-corrected chi connectivity index (χ3v) is 3.78. The van der Waals surface area contributed by atoms with Gasteiger partial charge in [-0.15, -0.1) is 11.3 Å². The summed E-state index contributed by atoms with van der Waals surface area (Å²) in [5.41, 5.74) is 5.78. The fourth-order valence-electron chi connectivity index (χ4n) is 1.77. The highest BCUT2D eigenvalue weighted by molar-refractivity contribution is 7.09. The Balaban J connectivity index is 2.54. The van der Waals surface area contributed by atoms with Crippen molar-refractivity contribution in [3.8, 4) is 0 Å². The maximum Gasteiger partial charge on any atom is 0.326 e. The first-order valence-corrected chi connectivity index (χ1v) is 7.32. The highest BCUT2D eigenvalue weighted by Crippen LogP contribution is 2.12. The van der Waals surface area contributed by atoms with Crippen LogP contribution in [0.4, 0.5) is 0 Å². The van der Waals surface area contributed by atoms with Crippen LogP contribution in [0.25, 0.3) is 0 Å². The lowest BCUT2D eigenvalue weighted by atomic mass is 10.1. The van der Waals surface area contributed by atoms with Crippen LogP contribution in [0.3, 0.4) is 0 Å². The molecule has 0 saturated heterocycles. The Morgan fingerprint density at radius 2 is 2.20 bits per heavy atom. The molecule has 0 aliphatic heterocycles. The van der Waals surface area contributed by atoms with E-state index in [4.69, 9.17) is 10.8 Å². The second kappa shape index (κ2) is 7.98. The van der Waals surface area contributed by atoms with Crippen LogP contribution in [-0.2, 0) is 16.0 Å². The molecule has 1 aromatic rings. The fraction of sp³-hybridized carbons (Fsp3) is 0.538. The molecule has 0 aromatic carbocycles. The minimum absolute atomic E-state index is 0.313. The largest absolute Gasteiger partial charge is 0.480 e. The Morgan fingerprint density at radius 1 is 1.50 bits per heavy atom. The van der Waals surface area contributed by atoms with Crippen LogP contribution in [-0.4, -0.2) is 40.3 Å². The van der Waals surface area contributed by atoms with Gasteiger partial charge >= 0.3 is 5.97 Å². The fourth-order valence-corrected chi connectivity index (χ4v) is 2.55. The minimum atomic E-state index is -1.42. The van der Waals surface area contributed by atoms with E-state index in [-0.39, 0.29) is 0 Å². The number of aliphatic hydroxyl groups excluding tert-OH is 1. The van der Waals surface area contributed by atoms with Crippen LogP contribution in [0.2, 0.25) is 0 Å². The van der Waals surface area contributed by atoms with Crippen molar-refractivity contribution in [2.45, 2.75) is 44.4 Å². The number of nitrogens with one attached hydrogen (secondary N) is 1. The van der Waals surface area contributed by atoms with E-state index < -0.39 is 30.1 Å². The summed E-state index contributed by atoms with van der Waals surface area (Å²) in [4.78, 5) is 23.7. The number of hydrogen-bond donors (Lipinski definition) is 4. The number of carboxylic acids is 1. The molecule has 1 amide bonds. The summed E-state index contributed by atoms with van der Waals surface area (Å²) in [7, 11) is 0. The molecule has 1 rings (SSSR count). The molecule has 112 valence electrons. The van der Waals surface area contributed by atoms with Gasteiger partial charge in [-0.05, 0) is 24.3 Å². The molecule has 5 N–H and O–H groups in total. The molecule has 0 bridgehead atoms. The van der Waals surface area contributed by atoms with Crippen molar-refractivity contribution in [3.63, 3.8) is 0 Å². The molecule has 0 aliphatic carbocycles. The van der Waals surface area contributed by atoms with E-state index in [0.717, 1.165) is 4.88 Å². The van der Waals surface area contributed by atoms with E-state index in [0.29, 0.717) is 19.3 Å². The SMILES string of the molecule is CCC[C@H](NC(=O)[C@H](O)[C@@H](N)Cc1cccs1)C(=O)O. The molecule has 0 aliphatic rings. The third-order valence-electron chi connectivity index (χ3n) is 2.88. The predicted molar refractivity (Wildman–Crippen MR) is 76.5 cm³/mol. The van der Waals surface area contributed by atoms with Gasteiger partial charge in [0.15, 0.2) is 0 Å². The van der Waals surface area contributed by atoms with Gasteiger partial charge in [-0.3, -0.25) is 4.79 Å². The molecule has 1 aromatic heterocycles. The Morgan fingerprint density at radius 3 is 2.70 bits per heavy atom. The van der Waals surface area contributed by atoms with Crippen molar-refractivity contribution in [3.05, 3.63) is 22.4 Å². The van der Waals surface area contributed by atoms with Crippen molar-refractivity contribution >= 4 is 23.2 Å². The zero-order valence-electron chi connectivity index (χ0n) is 11.3. The summed E-state index contributed by atoms with van der Waals surface area (Å²) in [5, 5.41) is 23.0. The number of hydrogen-bond acceptors (Lipinski definition) is 5.